The maximum atomic E-state index is 13.2. The van der Waals surface area contributed by atoms with Crippen molar-refractivity contribution in [1.82, 2.24) is 0 Å². The molecule has 20 heavy (non-hydrogen) atoms. The zero-order valence-electron chi connectivity index (χ0n) is 12.2. The third-order valence-corrected chi connectivity index (χ3v) is 6.62. The first-order valence-corrected chi connectivity index (χ1v) is 8.11. The molecule has 4 rings (SSSR count). The van der Waals surface area contributed by atoms with Crippen LogP contribution in [0.15, 0.2) is 36.2 Å². The third-order valence-electron chi connectivity index (χ3n) is 6.62. The molecule has 0 spiro atoms. The van der Waals surface area contributed by atoms with Crippen molar-refractivity contribution in [2.75, 3.05) is 0 Å². The van der Waals surface area contributed by atoms with Crippen LogP contribution in [0.1, 0.15) is 56.1 Å². The van der Waals surface area contributed by atoms with Crippen molar-refractivity contribution in [1.29, 1.82) is 0 Å². The van der Waals surface area contributed by atoms with Crippen LogP contribution in [0.25, 0.3) is 0 Å². The summed E-state index contributed by atoms with van der Waals surface area (Å²) in [6.45, 7) is 2.33. The van der Waals surface area contributed by atoms with Gasteiger partial charge in [0.05, 0.1) is 6.33 Å². The smallest absolute Gasteiger partial charge is 0.0864 e. The molecule has 1 aromatic rings. The minimum Gasteiger partial charge on any atom is -0.216 e. The quantitative estimate of drug-likeness (QED) is 0.592. The monoisotopic (exact) mass is 270 g/mol. The molecule has 3 aliphatic rings. The van der Waals surface area contributed by atoms with Gasteiger partial charge in [0, 0.05) is 0 Å². The summed E-state index contributed by atoms with van der Waals surface area (Å²) in [4.78, 5) is 0. The van der Waals surface area contributed by atoms with E-state index in [2.05, 4.69) is 31.2 Å². The van der Waals surface area contributed by atoms with Gasteiger partial charge in [0.2, 0.25) is 0 Å². The highest BCUT2D eigenvalue weighted by atomic mass is 19.1. The second-order valence-corrected chi connectivity index (χ2v) is 7.24. The highest BCUT2D eigenvalue weighted by molar-refractivity contribution is 5.36. The second-order valence-electron chi connectivity index (χ2n) is 7.24. The Balaban J connectivity index is 1.72. The molecule has 1 aromatic carbocycles. The molecule has 2 fully saturated rings. The highest BCUT2D eigenvalue weighted by Gasteiger charge is 2.52. The number of aryl methyl sites for hydroxylation is 1. The van der Waals surface area contributed by atoms with Crippen LogP contribution in [0.2, 0.25) is 0 Å². The van der Waals surface area contributed by atoms with Gasteiger partial charge < -0.3 is 0 Å². The number of hydrogen-bond donors (Lipinski definition) is 0. The molecule has 0 radical (unpaired) electrons. The maximum Gasteiger partial charge on any atom is 0.0864 e. The van der Waals surface area contributed by atoms with Gasteiger partial charge in [-0.15, -0.1) is 0 Å². The molecule has 1 heteroatoms. The Bertz CT molecular complexity index is 559. The number of rotatable bonds is 0. The molecule has 0 heterocycles. The van der Waals surface area contributed by atoms with Crippen LogP contribution in [0.5, 0.6) is 0 Å². The lowest BCUT2D eigenvalue weighted by Crippen LogP contribution is -2.40. The normalized spacial score (nSPS) is 41.1. The molecule has 2 saturated carbocycles. The molecule has 3 aliphatic carbocycles. The van der Waals surface area contributed by atoms with Gasteiger partial charge in [0.25, 0.3) is 0 Å². The van der Waals surface area contributed by atoms with Crippen molar-refractivity contribution < 1.29 is 4.39 Å². The van der Waals surface area contributed by atoms with E-state index in [1.54, 1.807) is 11.1 Å². The highest BCUT2D eigenvalue weighted by Crippen LogP contribution is 2.62. The lowest BCUT2D eigenvalue weighted by molar-refractivity contribution is 0.0807. The molecule has 4 atom stereocenters. The first kappa shape index (κ1) is 12.6. The number of allylic oxidation sites excluding steroid dienone is 1. The van der Waals surface area contributed by atoms with Crippen molar-refractivity contribution in [2.24, 2.45) is 17.3 Å². The summed E-state index contributed by atoms with van der Waals surface area (Å²) in [7, 11) is 0. The van der Waals surface area contributed by atoms with Crippen molar-refractivity contribution in [3.05, 3.63) is 47.3 Å². The molecular weight excluding hydrogens is 247 g/mol. The van der Waals surface area contributed by atoms with Crippen molar-refractivity contribution in [3.8, 4) is 0 Å². The Labute approximate surface area is 121 Å². The van der Waals surface area contributed by atoms with Gasteiger partial charge in [-0.1, -0.05) is 31.2 Å². The van der Waals surface area contributed by atoms with Crippen LogP contribution in [0.4, 0.5) is 4.39 Å². The SMILES string of the molecule is C[C@]12CC[C@@H]3c4ccccc4CC[C@H]3[C@@H]1CCC2=CF. The predicted molar refractivity (Wildman–Crippen MR) is 80.3 cm³/mol. The van der Waals surface area contributed by atoms with Gasteiger partial charge in [0.1, 0.15) is 0 Å². The average Bonchev–Trinajstić information content (AvgIpc) is 2.83. The number of fused-ring (bicyclic) bond motifs is 5. The molecule has 0 bridgehead atoms. The molecular formula is C19H23F. The maximum absolute atomic E-state index is 13.2. The van der Waals surface area contributed by atoms with E-state index in [4.69, 9.17) is 0 Å². The molecule has 0 amide bonds. The molecule has 0 unspecified atom stereocenters. The van der Waals surface area contributed by atoms with E-state index < -0.39 is 0 Å². The Morgan fingerprint density at radius 1 is 1.15 bits per heavy atom. The topological polar surface area (TPSA) is 0 Å². The average molecular weight is 270 g/mol. The van der Waals surface area contributed by atoms with Crippen LogP contribution in [0.3, 0.4) is 0 Å². The van der Waals surface area contributed by atoms with Gasteiger partial charge in [-0.25, -0.2) is 4.39 Å². The summed E-state index contributed by atoms with van der Waals surface area (Å²) in [5.41, 5.74) is 4.42. The van der Waals surface area contributed by atoms with Gasteiger partial charge in [-0.05, 0) is 78.4 Å². The van der Waals surface area contributed by atoms with E-state index >= 15 is 0 Å². The van der Waals surface area contributed by atoms with Crippen molar-refractivity contribution >= 4 is 0 Å². The van der Waals surface area contributed by atoms with Crippen LogP contribution < -0.4 is 0 Å². The Morgan fingerprint density at radius 3 is 2.85 bits per heavy atom. The fourth-order valence-corrected chi connectivity index (χ4v) is 5.55. The predicted octanol–water partition coefficient (Wildman–Crippen LogP) is 5.40. The summed E-state index contributed by atoms with van der Waals surface area (Å²) in [5, 5.41) is 0. The molecule has 0 saturated heterocycles. The van der Waals surface area contributed by atoms with Crippen LogP contribution >= 0.6 is 0 Å². The van der Waals surface area contributed by atoms with Crippen molar-refractivity contribution in [3.63, 3.8) is 0 Å². The lowest BCUT2D eigenvalue weighted by atomic mass is 9.55. The zero-order chi connectivity index (χ0) is 13.7. The molecule has 0 nitrogen and oxygen atoms in total. The summed E-state index contributed by atoms with van der Waals surface area (Å²) >= 11 is 0. The van der Waals surface area contributed by atoms with Gasteiger partial charge in [0.15, 0.2) is 0 Å². The largest absolute Gasteiger partial charge is 0.216 e. The summed E-state index contributed by atoms with van der Waals surface area (Å²) in [5.74, 6) is 2.22. The summed E-state index contributed by atoms with van der Waals surface area (Å²) in [6.07, 6.45) is 8.06. The van der Waals surface area contributed by atoms with E-state index in [9.17, 15) is 4.39 Å². The zero-order valence-corrected chi connectivity index (χ0v) is 12.2. The Morgan fingerprint density at radius 2 is 2.00 bits per heavy atom. The molecule has 0 aromatic heterocycles. The summed E-state index contributed by atoms with van der Waals surface area (Å²) < 4.78 is 13.2. The van der Waals surface area contributed by atoms with Gasteiger partial charge >= 0.3 is 0 Å². The standard InChI is InChI=1S/C19H23F/c1-19-11-10-16-15-5-3-2-4-13(15)6-8-17(16)18(19)9-7-14(19)12-20/h2-5,12,16-18H,6-11H2,1H3/t16-,17-,18+,19-/m1/s1. The van der Waals surface area contributed by atoms with E-state index in [0.717, 1.165) is 30.2 Å². The first-order valence-electron chi connectivity index (χ1n) is 8.11. The third kappa shape index (κ3) is 1.58. The Kier molecular flexibility index (Phi) is 2.80. The number of hydrogen-bond acceptors (Lipinski definition) is 0. The molecule has 106 valence electrons. The fourth-order valence-electron chi connectivity index (χ4n) is 5.55. The van der Waals surface area contributed by atoms with Crippen molar-refractivity contribution in [2.45, 2.75) is 51.4 Å². The fraction of sp³-hybridized carbons (Fsp3) is 0.579. The number of benzene rings is 1. The Hall–Kier alpha value is -1.11. The van der Waals surface area contributed by atoms with Crippen LogP contribution in [-0.2, 0) is 6.42 Å². The van der Waals surface area contributed by atoms with E-state index in [-0.39, 0.29) is 5.41 Å². The van der Waals surface area contributed by atoms with E-state index in [1.165, 1.54) is 32.1 Å². The minimum atomic E-state index is 0.155. The van der Waals surface area contributed by atoms with E-state index in [1.807, 2.05) is 0 Å². The second kappa shape index (κ2) is 4.44. The molecule has 0 N–H and O–H groups in total. The van der Waals surface area contributed by atoms with Gasteiger partial charge in [-0.3, -0.25) is 0 Å². The van der Waals surface area contributed by atoms with E-state index in [0.29, 0.717) is 5.92 Å². The van der Waals surface area contributed by atoms with Gasteiger partial charge in [-0.2, -0.15) is 0 Å². The van der Waals surface area contributed by atoms with Crippen LogP contribution in [0, 0.1) is 17.3 Å². The number of halogens is 1. The summed E-state index contributed by atoms with van der Waals surface area (Å²) in [6, 6.07) is 9.01. The first-order chi connectivity index (χ1) is 9.74. The minimum absolute atomic E-state index is 0.155. The van der Waals surface area contributed by atoms with Crippen LogP contribution in [-0.4, -0.2) is 0 Å². The lowest BCUT2D eigenvalue weighted by Gasteiger charge is -2.49. The molecule has 0 aliphatic heterocycles.